The Morgan fingerprint density at radius 3 is 2.31 bits per heavy atom. The Hall–Kier alpha value is -3.25. The van der Waals surface area contributed by atoms with Crippen LogP contribution in [0.3, 0.4) is 0 Å². The molecule has 0 spiro atoms. The minimum atomic E-state index is -1.75. The molecule has 2 aliphatic rings. The number of aryl methyl sites for hydroxylation is 1. The fourth-order valence-corrected chi connectivity index (χ4v) is 5.17. The fraction of sp³-hybridized carbons (Fsp3) is 0.192. The molecule has 1 saturated carbocycles. The van der Waals surface area contributed by atoms with Gasteiger partial charge in [0.05, 0.1) is 5.41 Å². The maximum atomic E-state index is 13.7. The number of rotatable bonds is 4. The van der Waals surface area contributed by atoms with E-state index in [-0.39, 0.29) is 11.5 Å². The summed E-state index contributed by atoms with van der Waals surface area (Å²) < 4.78 is 12.0. The molecule has 5 nitrogen and oxygen atoms in total. The van der Waals surface area contributed by atoms with Gasteiger partial charge in [-0.3, -0.25) is 14.4 Å². The van der Waals surface area contributed by atoms with Crippen LogP contribution in [0.4, 0.5) is 0 Å². The Morgan fingerprint density at radius 2 is 1.62 bits per heavy atom. The number of carbonyl (C=O) groups is 3. The number of ether oxygens (including phenoxy) is 2. The molecule has 5 rings (SSSR count). The number of hydrogen-bond acceptors (Lipinski definition) is 5. The highest BCUT2D eigenvalue weighted by molar-refractivity contribution is 9.10. The van der Waals surface area contributed by atoms with Gasteiger partial charge >= 0.3 is 11.9 Å². The second-order valence-corrected chi connectivity index (χ2v) is 9.32. The Balaban J connectivity index is 1.62. The lowest BCUT2D eigenvalue weighted by atomic mass is 9.86. The van der Waals surface area contributed by atoms with Crippen molar-refractivity contribution in [3.63, 3.8) is 0 Å². The van der Waals surface area contributed by atoms with Crippen molar-refractivity contribution in [3.8, 4) is 11.5 Å². The second kappa shape index (κ2) is 7.14. The maximum Gasteiger partial charge on any atom is 0.330 e. The number of fused-ring (bicyclic) bond motifs is 3. The molecule has 1 fully saturated rings. The number of benzene rings is 3. The summed E-state index contributed by atoms with van der Waals surface area (Å²) in [6.45, 7) is 3.59. The highest BCUT2D eigenvalue weighted by atomic mass is 79.9. The van der Waals surface area contributed by atoms with Crippen molar-refractivity contribution in [1.82, 2.24) is 0 Å². The van der Waals surface area contributed by atoms with Crippen LogP contribution in [0.1, 0.15) is 34.3 Å². The van der Waals surface area contributed by atoms with Crippen molar-refractivity contribution in [2.24, 2.45) is 10.8 Å². The molecule has 0 amide bonds. The average molecular weight is 491 g/mol. The molecular formula is C26H19BrO5. The van der Waals surface area contributed by atoms with Crippen molar-refractivity contribution in [3.05, 3.63) is 94.0 Å². The predicted molar refractivity (Wildman–Crippen MR) is 121 cm³/mol. The van der Waals surface area contributed by atoms with Crippen LogP contribution in [0, 0.1) is 17.8 Å². The topological polar surface area (TPSA) is 69.7 Å². The summed E-state index contributed by atoms with van der Waals surface area (Å²) in [4.78, 5) is 40.6. The summed E-state index contributed by atoms with van der Waals surface area (Å²) in [5, 5.41) is 0. The number of ketones is 1. The second-order valence-electron chi connectivity index (χ2n) is 8.41. The molecule has 6 heteroatoms. The maximum absolute atomic E-state index is 13.7. The molecule has 1 aliphatic carbocycles. The van der Waals surface area contributed by atoms with E-state index in [1.165, 1.54) is 0 Å². The van der Waals surface area contributed by atoms with Crippen molar-refractivity contribution in [1.29, 1.82) is 0 Å². The monoisotopic (exact) mass is 490 g/mol. The minimum Gasteiger partial charge on any atom is -0.426 e. The molecule has 160 valence electrons. The zero-order valence-corrected chi connectivity index (χ0v) is 19.0. The van der Waals surface area contributed by atoms with Crippen molar-refractivity contribution in [2.45, 2.75) is 19.8 Å². The van der Waals surface area contributed by atoms with E-state index in [9.17, 15) is 14.4 Å². The first kappa shape index (κ1) is 20.6. The van der Waals surface area contributed by atoms with Crippen molar-refractivity contribution < 1.29 is 23.9 Å². The Morgan fingerprint density at radius 1 is 0.969 bits per heavy atom. The summed E-state index contributed by atoms with van der Waals surface area (Å²) in [7, 11) is 0. The van der Waals surface area contributed by atoms with E-state index in [1.54, 1.807) is 67.6 Å². The molecule has 1 heterocycles. The molecule has 3 aromatic rings. The van der Waals surface area contributed by atoms with Gasteiger partial charge in [0.15, 0.2) is 11.2 Å². The normalized spacial score (nSPS) is 25.2. The van der Waals surface area contributed by atoms with E-state index >= 15 is 0 Å². The van der Waals surface area contributed by atoms with Crippen LogP contribution < -0.4 is 9.47 Å². The van der Waals surface area contributed by atoms with E-state index in [1.807, 2.05) is 19.1 Å². The Kier molecular flexibility index (Phi) is 4.60. The largest absolute Gasteiger partial charge is 0.426 e. The van der Waals surface area contributed by atoms with E-state index in [4.69, 9.17) is 9.47 Å². The first-order chi connectivity index (χ1) is 15.3. The quantitative estimate of drug-likeness (QED) is 0.216. The van der Waals surface area contributed by atoms with Gasteiger partial charge in [-0.1, -0.05) is 64.0 Å². The highest BCUT2D eigenvalue weighted by Gasteiger charge is 2.89. The zero-order chi connectivity index (χ0) is 22.7. The lowest BCUT2D eigenvalue weighted by Crippen LogP contribution is -2.41. The number of esters is 2. The molecule has 3 atom stereocenters. The molecule has 0 saturated heterocycles. The minimum absolute atomic E-state index is 0.287. The predicted octanol–water partition coefficient (Wildman–Crippen LogP) is 5.25. The third-order valence-corrected chi connectivity index (χ3v) is 7.16. The highest BCUT2D eigenvalue weighted by Crippen LogP contribution is 2.78. The zero-order valence-electron chi connectivity index (χ0n) is 17.4. The summed E-state index contributed by atoms with van der Waals surface area (Å²) in [5.41, 5.74) is -0.986. The molecule has 0 bridgehead atoms. The summed E-state index contributed by atoms with van der Waals surface area (Å²) in [6.07, 6.45) is 0. The average Bonchev–Trinajstić information content (AvgIpc) is 3.39. The van der Waals surface area contributed by atoms with Crippen LogP contribution in [-0.2, 0) is 9.59 Å². The third-order valence-electron chi connectivity index (χ3n) is 6.63. The lowest BCUT2D eigenvalue weighted by Gasteiger charge is -2.22. The van der Waals surface area contributed by atoms with Gasteiger partial charge in [0.25, 0.3) is 0 Å². The molecule has 32 heavy (non-hydrogen) atoms. The fourth-order valence-electron chi connectivity index (χ4n) is 4.90. The van der Waals surface area contributed by atoms with Crippen LogP contribution in [-0.4, -0.2) is 17.7 Å². The first-order valence-corrected chi connectivity index (χ1v) is 11.0. The molecular weight excluding hydrogens is 472 g/mol. The number of Topliss-reactive ketones (excluding diaryl/α,β-unsaturated/α-hetero) is 1. The van der Waals surface area contributed by atoms with Crippen LogP contribution in [0.25, 0.3) is 0 Å². The van der Waals surface area contributed by atoms with E-state index < -0.39 is 28.7 Å². The Labute approximate surface area is 193 Å². The SMILES string of the molecule is Cc1ccc(C(=O)[C@@]2(C)[C@H]3c4ccccc4OC(=O)[C@@]32C(=O)Oc2ccc(Br)cc2)cc1. The first-order valence-electron chi connectivity index (χ1n) is 10.2. The third kappa shape index (κ3) is 2.72. The van der Waals surface area contributed by atoms with Gasteiger partial charge in [-0.25, -0.2) is 0 Å². The standard InChI is InChI=1S/C26H19BrO5/c1-15-7-9-16(10-8-15)22(28)25(2)21-19-5-3-4-6-20(19)32-24(30)26(21,25)23(29)31-18-13-11-17(27)12-14-18/h3-14,21H,1-2H3/t21-,25-,26+/m1/s1. The van der Waals surface area contributed by atoms with Gasteiger partial charge in [-0.05, 0) is 44.2 Å². The smallest absolute Gasteiger partial charge is 0.330 e. The molecule has 1 aliphatic heterocycles. The van der Waals surface area contributed by atoms with Crippen molar-refractivity contribution in [2.75, 3.05) is 0 Å². The van der Waals surface area contributed by atoms with Crippen LogP contribution in [0.15, 0.2) is 77.3 Å². The van der Waals surface area contributed by atoms with Gasteiger partial charge < -0.3 is 9.47 Å². The van der Waals surface area contributed by atoms with Gasteiger partial charge in [0.2, 0.25) is 0 Å². The lowest BCUT2D eigenvalue weighted by molar-refractivity contribution is -0.156. The molecule has 0 radical (unpaired) electrons. The summed E-state index contributed by atoms with van der Waals surface area (Å²) in [5.74, 6) is -1.85. The van der Waals surface area contributed by atoms with Crippen molar-refractivity contribution >= 4 is 33.7 Å². The van der Waals surface area contributed by atoms with Gasteiger partial charge in [0, 0.05) is 21.5 Å². The summed E-state index contributed by atoms with van der Waals surface area (Å²) in [6, 6.07) is 20.8. The number of halogens is 1. The number of para-hydroxylation sites is 1. The Bertz CT molecular complexity index is 1260. The van der Waals surface area contributed by atoms with Gasteiger partial charge in [-0.15, -0.1) is 0 Å². The van der Waals surface area contributed by atoms with Gasteiger partial charge in [0.1, 0.15) is 11.5 Å². The van der Waals surface area contributed by atoms with E-state index in [2.05, 4.69) is 15.9 Å². The summed E-state index contributed by atoms with van der Waals surface area (Å²) >= 11 is 3.34. The molecule has 3 aromatic carbocycles. The van der Waals surface area contributed by atoms with Crippen LogP contribution in [0.2, 0.25) is 0 Å². The van der Waals surface area contributed by atoms with Crippen LogP contribution in [0.5, 0.6) is 11.5 Å². The number of carbonyl (C=O) groups excluding carboxylic acids is 3. The van der Waals surface area contributed by atoms with Crippen LogP contribution >= 0.6 is 15.9 Å². The molecule has 0 aromatic heterocycles. The van der Waals surface area contributed by atoms with Gasteiger partial charge in [-0.2, -0.15) is 0 Å². The number of hydrogen-bond donors (Lipinski definition) is 0. The molecule has 0 unspecified atom stereocenters. The van der Waals surface area contributed by atoms with E-state index in [0.29, 0.717) is 16.9 Å². The molecule has 0 N–H and O–H groups in total. The van der Waals surface area contributed by atoms with E-state index in [0.717, 1.165) is 10.0 Å².